The molecule has 0 saturated carbocycles. The number of benzene rings is 2. The van der Waals surface area contributed by atoms with Gasteiger partial charge in [0.2, 0.25) is 0 Å². The molecule has 2 aromatic carbocycles. The summed E-state index contributed by atoms with van der Waals surface area (Å²) in [4.78, 5) is 12.4. The summed E-state index contributed by atoms with van der Waals surface area (Å²) < 4.78 is 0. The molecule has 0 aliphatic heterocycles. The van der Waals surface area contributed by atoms with Gasteiger partial charge < -0.3 is 10.6 Å². The summed E-state index contributed by atoms with van der Waals surface area (Å²) in [5, 5.41) is 6.31. The number of aryl methyl sites for hydroxylation is 1. The van der Waals surface area contributed by atoms with Gasteiger partial charge in [0.1, 0.15) is 0 Å². The van der Waals surface area contributed by atoms with Crippen molar-refractivity contribution < 1.29 is 4.79 Å². The number of carbonyl (C=O) groups excluding carboxylic acids is 1. The number of hydrogen-bond donors (Lipinski definition) is 2. The van der Waals surface area contributed by atoms with Crippen LogP contribution in [0.3, 0.4) is 0 Å². The maximum Gasteiger partial charge on any atom is 0.251 e. The van der Waals surface area contributed by atoms with E-state index in [9.17, 15) is 4.79 Å². The molecule has 0 aromatic heterocycles. The number of hydrogen-bond acceptors (Lipinski definition) is 2. The van der Waals surface area contributed by atoms with Crippen molar-refractivity contribution >= 4 is 5.91 Å². The summed E-state index contributed by atoms with van der Waals surface area (Å²) in [5.74, 6) is -0.0155. The van der Waals surface area contributed by atoms with Gasteiger partial charge in [0.05, 0.1) is 6.04 Å². The molecule has 116 valence electrons. The van der Waals surface area contributed by atoms with E-state index in [4.69, 9.17) is 0 Å². The number of carbonyl (C=O) groups is 1. The van der Waals surface area contributed by atoms with E-state index < -0.39 is 0 Å². The lowest BCUT2D eigenvalue weighted by molar-refractivity contribution is 0.0934. The fraction of sp³-hybridized carbons (Fsp3) is 0.316. The predicted molar refractivity (Wildman–Crippen MR) is 91.0 cm³/mol. The first kappa shape index (κ1) is 16.2. The van der Waals surface area contributed by atoms with Gasteiger partial charge in [-0.3, -0.25) is 4.79 Å². The van der Waals surface area contributed by atoms with Crippen LogP contribution in [-0.4, -0.2) is 19.5 Å². The Bertz CT molecular complexity index is 578. The Hall–Kier alpha value is -2.13. The van der Waals surface area contributed by atoms with Gasteiger partial charge in [0.15, 0.2) is 0 Å². The normalized spacial score (nSPS) is 11.9. The van der Waals surface area contributed by atoms with Crippen LogP contribution in [0.5, 0.6) is 0 Å². The monoisotopic (exact) mass is 296 g/mol. The van der Waals surface area contributed by atoms with Gasteiger partial charge in [-0.2, -0.15) is 0 Å². The van der Waals surface area contributed by atoms with Crippen molar-refractivity contribution in [1.82, 2.24) is 10.6 Å². The fourth-order valence-electron chi connectivity index (χ4n) is 2.44. The first-order valence-electron chi connectivity index (χ1n) is 7.78. The van der Waals surface area contributed by atoms with Crippen LogP contribution < -0.4 is 10.6 Å². The molecular weight excluding hydrogens is 272 g/mol. The summed E-state index contributed by atoms with van der Waals surface area (Å²) in [6.45, 7) is 2.97. The molecule has 0 heterocycles. The third-order valence-electron chi connectivity index (χ3n) is 3.74. The van der Waals surface area contributed by atoms with Crippen molar-refractivity contribution in [2.24, 2.45) is 0 Å². The Morgan fingerprint density at radius 3 is 2.36 bits per heavy atom. The lowest BCUT2D eigenvalue weighted by Gasteiger charge is -2.19. The molecule has 0 fully saturated rings. The lowest BCUT2D eigenvalue weighted by Crippen LogP contribution is -2.29. The summed E-state index contributed by atoms with van der Waals surface area (Å²) >= 11 is 0. The predicted octanol–water partition coefficient (Wildman–Crippen LogP) is 3.47. The van der Waals surface area contributed by atoms with Gasteiger partial charge in [-0.05, 0) is 51.1 Å². The van der Waals surface area contributed by atoms with Crippen LogP contribution in [-0.2, 0) is 0 Å². The van der Waals surface area contributed by atoms with Gasteiger partial charge in [0.25, 0.3) is 5.91 Å². The first-order chi connectivity index (χ1) is 10.7. The maximum absolute atomic E-state index is 12.4. The van der Waals surface area contributed by atoms with Crippen LogP contribution in [0.2, 0.25) is 0 Å². The van der Waals surface area contributed by atoms with Crippen molar-refractivity contribution in [3.05, 3.63) is 71.3 Å². The molecule has 0 aliphatic carbocycles. The van der Waals surface area contributed by atoms with E-state index in [0.29, 0.717) is 5.56 Å². The fourth-order valence-corrected chi connectivity index (χ4v) is 2.44. The molecule has 0 radical (unpaired) electrons. The summed E-state index contributed by atoms with van der Waals surface area (Å²) in [7, 11) is 1.95. The Morgan fingerprint density at radius 2 is 1.73 bits per heavy atom. The highest BCUT2D eigenvalue weighted by Crippen LogP contribution is 2.19. The molecule has 1 atom stereocenters. The number of nitrogens with one attached hydrogen (secondary N) is 2. The smallest absolute Gasteiger partial charge is 0.251 e. The molecule has 2 N–H and O–H groups in total. The van der Waals surface area contributed by atoms with Crippen molar-refractivity contribution in [1.29, 1.82) is 0 Å². The highest BCUT2D eigenvalue weighted by molar-refractivity contribution is 5.94. The lowest BCUT2D eigenvalue weighted by atomic mass is 10.0. The molecule has 0 aliphatic rings. The molecule has 3 nitrogen and oxygen atoms in total. The van der Waals surface area contributed by atoms with Crippen LogP contribution in [0, 0.1) is 6.92 Å². The van der Waals surface area contributed by atoms with Crippen molar-refractivity contribution in [3.8, 4) is 0 Å². The average Bonchev–Trinajstić information content (AvgIpc) is 2.55. The first-order valence-corrected chi connectivity index (χ1v) is 7.78. The van der Waals surface area contributed by atoms with Crippen LogP contribution in [0.15, 0.2) is 54.6 Å². The van der Waals surface area contributed by atoms with Crippen LogP contribution in [0.1, 0.15) is 40.4 Å². The largest absolute Gasteiger partial charge is 0.345 e. The highest BCUT2D eigenvalue weighted by Gasteiger charge is 2.15. The SMILES string of the molecule is CNCCCC(NC(=O)c1ccc(C)cc1)c1ccccc1. The Kier molecular flexibility index (Phi) is 6.16. The molecule has 0 saturated heterocycles. The zero-order valence-electron chi connectivity index (χ0n) is 13.3. The van der Waals surface area contributed by atoms with Gasteiger partial charge in [0, 0.05) is 5.56 Å². The minimum atomic E-state index is -0.0155. The molecule has 0 bridgehead atoms. The van der Waals surface area contributed by atoms with Crippen molar-refractivity contribution in [2.75, 3.05) is 13.6 Å². The number of amides is 1. The Morgan fingerprint density at radius 1 is 1.05 bits per heavy atom. The van der Waals surface area contributed by atoms with E-state index in [1.54, 1.807) is 0 Å². The molecule has 1 unspecified atom stereocenters. The summed E-state index contributed by atoms with van der Waals surface area (Å²) in [6, 6.07) is 17.9. The summed E-state index contributed by atoms with van der Waals surface area (Å²) in [6.07, 6.45) is 1.94. The van der Waals surface area contributed by atoms with Crippen LogP contribution >= 0.6 is 0 Å². The topological polar surface area (TPSA) is 41.1 Å². The van der Waals surface area contributed by atoms with E-state index in [2.05, 4.69) is 22.8 Å². The molecule has 3 heteroatoms. The van der Waals surface area contributed by atoms with E-state index in [-0.39, 0.29) is 11.9 Å². The van der Waals surface area contributed by atoms with Gasteiger partial charge in [-0.1, -0.05) is 48.0 Å². The zero-order chi connectivity index (χ0) is 15.8. The zero-order valence-corrected chi connectivity index (χ0v) is 13.3. The van der Waals surface area contributed by atoms with Crippen LogP contribution in [0.25, 0.3) is 0 Å². The van der Waals surface area contributed by atoms with Crippen molar-refractivity contribution in [2.45, 2.75) is 25.8 Å². The average molecular weight is 296 g/mol. The highest BCUT2D eigenvalue weighted by atomic mass is 16.1. The second-order valence-electron chi connectivity index (χ2n) is 5.55. The molecule has 22 heavy (non-hydrogen) atoms. The second kappa shape index (κ2) is 8.35. The summed E-state index contributed by atoms with van der Waals surface area (Å²) in [5.41, 5.74) is 3.02. The molecule has 1 amide bonds. The van der Waals surface area contributed by atoms with E-state index in [0.717, 1.165) is 30.5 Å². The van der Waals surface area contributed by atoms with Gasteiger partial charge >= 0.3 is 0 Å². The standard InChI is InChI=1S/C19H24N2O/c1-15-10-12-17(13-11-15)19(22)21-18(9-6-14-20-2)16-7-4-3-5-8-16/h3-5,7-8,10-13,18,20H,6,9,14H2,1-2H3,(H,21,22). The Labute approximate surface area is 132 Å². The second-order valence-corrected chi connectivity index (χ2v) is 5.55. The molecule has 0 spiro atoms. The molecular formula is C19H24N2O. The number of rotatable bonds is 7. The minimum Gasteiger partial charge on any atom is -0.345 e. The van der Waals surface area contributed by atoms with E-state index in [1.807, 2.05) is 56.4 Å². The maximum atomic E-state index is 12.4. The van der Waals surface area contributed by atoms with Crippen LogP contribution in [0.4, 0.5) is 0 Å². The molecule has 2 aromatic rings. The van der Waals surface area contributed by atoms with Gasteiger partial charge in [-0.25, -0.2) is 0 Å². The Balaban J connectivity index is 2.08. The van der Waals surface area contributed by atoms with E-state index in [1.165, 1.54) is 0 Å². The minimum absolute atomic E-state index is 0.0155. The van der Waals surface area contributed by atoms with Crippen molar-refractivity contribution in [3.63, 3.8) is 0 Å². The quantitative estimate of drug-likeness (QED) is 0.768. The van der Waals surface area contributed by atoms with Gasteiger partial charge in [-0.15, -0.1) is 0 Å². The third-order valence-corrected chi connectivity index (χ3v) is 3.74. The third kappa shape index (κ3) is 4.71. The van der Waals surface area contributed by atoms with E-state index >= 15 is 0 Å². The molecule has 2 rings (SSSR count).